The third-order valence-corrected chi connectivity index (χ3v) is 6.41. The zero-order valence-electron chi connectivity index (χ0n) is 17.7. The minimum absolute atomic E-state index is 0.172. The van der Waals surface area contributed by atoms with Gasteiger partial charge in [0.05, 0.1) is 12.3 Å². The first kappa shape index (κ1) is 22.3. The van der Waals surface area contributed by atoms with Gasteiger partial charge in [0.2, 0.25) is 0 Å². The Morgan fingerprint density at radius 2 is 1.97 bits per heavy atom. The number of nitrogens with zero attached hydrogens (tertiary/aromatic N) is 3. The number of fused-ring (bicyclic) bond motifs is 1. The number of halogens is 3. The summed E-state index contributed by atoms with van der Waals surface area (Å²) in [4.78, 5) is 4.09. The van der Waals surface area contributed by atoms with Gasteiger partial charge in [-0.15, -0.1) is 0 Å². The lowest BCUT2D eigenvalue weighted by atomic mass is 9.86. The number of aromatic nitrogens is 2. The van der Waals surface area contributed by atoms with Gasteiger partial charge in [0.25, 0.3) is 0 Å². The number of aryl methyl sites for hydroxylation is 1. The Kier molecular flexibility index (Phi) is 6.66. The molecule has 170 valence electrons. The standard InChI is InChI=1S/C22H29F3N4O2/c1-31-14-28-10-4-7-19-17(13-28)20(27-26-19)21(30)29-11-8-15(9-12-29)16-5-2-3-6-18(16)22(23,24)25/h2-3,5-6,15,21,30H,4,7-14H2,1H3,(H,26,27). The van der Waals surface area contributed by atoms with Gasteiger partial charge in [-0.05, 0) is 43.2 Å². The maximum absolute atomic E-state index is 13.4. The number of rotatable bonds is 5. The Hall–Kier alpha value is -1.94. The molecule has 0 amide bonds. The van der Waals surface area contributed by atoms with Crippen LogP contribution in [0.1, 0.15) is 59.5 Å². The molecular formula is C22H29F3N4O2. The first-order valence-corrected chi connectivity index (χ1v) is 10.7. The average molecular weight is 438 g/mol. The van der Waals surface area contributed by atoms with Crippen LogP contribution in [0, 0.1) is 0 Å². The van der Waals surface area contributed by atoms with Crippen molar-refractivity contribution in [3.8, 4) is 0 Å². The number of ether oxygens (including phenoxy) is 1. The Bertz CT molecular complexity index is 878. The highest BCUT2D eigenvalue weighted by atomic mass is 19.4. The third kappa shape index (κ3) is 4.79. The van der Waals surface area contributed by atoms with Crippen LogP contribution in [-0.2, 0) is 23.9 Å². The summed E-state index contributed by atoms with van der Waals surface area (Å²) in [6.45, 7) is 3.12. The van der Waals surface area contributed by atoms with Crippen LogP contribution in [-0.4, -0.2) is 58.6 Å². The van der Waals surface area contributed by atoms with E-state index in [0.29, 0.717) is 50.5 Å². The second-order valence-corrected chi connectivity index (χ2v) is 8.41. The van der Waals surface area contributed by atoms with Crippen LogP contribution in [0.2, 0.25) is 0 Å². The highest BCUT2D eigenvalue weighted by molar-refractivity contribution is 5.33. The van der Waals surface area contributed by atoms with Crippen molar-refractivity contribution in [2.24, 2.45) is 0 Å². The monoisotopic (exact) mass is 438 g/mol. The number of likely N-dealkylation sites (tertiary alicyclic amines) is 1. The molecule has 2 aliphatic heterocycles. The molecule has 0 spiro atoms. The van der Waals surface area contributed by atoms with E-state index in [2.05, 4.69) is 15.1 Å². The Morgan fingerprint density at radius 3 is 2.68 bits per heavy atom. The number of methoxy groups -OCH3 is 1. The van der Waals surface area contributed by atoms with E-state index in [1.54, 1.807) is 19.2 Å². The fourth-order valence-corrected chi connectivity index (χ4v) is 4.83. The van der Waals surface area contributed by atoms with Crippen molar-refractivity contribution in [3.05, 3.63) is 52.3 Å². The Labute approximate surface area is 180 Å². The number of nitrogens with one attached hydrogen (secondary N) is 1. The molecule has 2 aromatic rings. The van der Waals surface area contributed by atoms with E-state index in [4.69, 9.17) is 4.74 Å². The van der Waals surface area contributed by atoms with Gasteiger partial charge in [0.1, 0.15) is 5.69 Å². The number of piperidine rings is 1. The van der Waals surface area contributed by atoms with Gasteiger partial charge in [-0.3, -0.25) is 14.9 Å². The van der Waals surface area contributed by atoms with Gasteiger partial charge in [-0.2, -0.15) is 18.3 Å². The summed E-state index contributed by atoms with van der Waals surface area (Å²) in [5, 5.41) is 18.5. The molecule has 1 fully saturated rings. The molecule has 1 unspecified atom stereocenters. The van der Waals surface area contributed by atoms with Crippen LogP contribution < -0.4 is 0 Å². The number of hydrogen-bond donors (Lipinski definition) is 2. The van der Waals surface area contributed by atoms with E-state index in [-0.39, 0.29) is 5.92 Å². The van der Waals surface area contributed by atoms with Crippen molar-refractivity contribution in [1.29, 1.82) is 0 Å². The van der Waals surface area contributed by atoms with Crippen molar-refractivity contribution in [3.63, 3.8) is 0 Å². The predicted molar refractivity (Wildman–Crippen MR) is 109 cm³/mol. The molecule has 2 aliphatic rings. The van der Waals surface area contributed by atoms with Gasteiger partial charge in [-0.1, -0.05) is 18.2 Å². The molecular weight excluding hydrogens is 409 g/mol. The summed E-state index contributed by atoms with van der Waals surface area (Å²) in [7, 11) is 1.66. The van der Waals surface area contributed by atoms with Crippen molar-refractivity contribution in [2.45, 2.75) is 50.6 Å². The van der Waals surface area contributed by atoms with E-state index in [0.717, 1.165) is 36.7 Å². The summed E-state index contributed by atoms with van der Waals surface area (Å²) in [6, 6.07) is 5.83. The van der Waals surface area contributed by atoms with Gasteiger partial charge in [0.15, 0.2) is 6.23 Å². The summed E-state index contributed by atoms with van der Waals surface area (Å²) in [5.74, 6) is -0.172. The number of aromatic amines is 1. The van der Waals surface area contributed by atoms with Gasteiger partial charge in [0, 0.05) is 44.5 Å². The molecule has 0 aliphatic carbocycles. The summed E-state index contributed by atoms with van der Waals surface area (Å²) >= 11 is 0. The predicted octanol–water partition coefficient (Wildman–Crippen LogP) is 3.65. The molecule has 0 saturated carbocycles. The second kappa shape index (κ2) is 9.28. The molecule has 0 radical (unpaired) electrons. The fourth-order valence-electron chi connectivity index (χ4n) is 4.83. The molecule has 4 rings (SSSR count). The Balaban J connectivity index is 1.46. The average Bonchev–Trinajstić information content (AvgIpc) is 3.04. The fraction of sp³-hybridized carbons (Fsp3) is 0.591. The lowest BCUT2D eigenvalue weighted by Crippen LogP contribution is -2.37. The molecule has 6 nitrogen and oxygen atoms in total. The highest BCUT2D eigenvalue weighted by Crippen LogP contribution is 2.39. The molecule has 3 heterocycles. The summed E-state index contributed by atoms with van der Waals surface area (Å²) < 4.78 is 45.5. The van der Waals surface area contributed by atoms with E-state index >= 15 is 0 Å². The number of aliphatic hydroxyl groups excluding tert-OH is 1. The van der Waals surface area contributed by atoms with Gasteiger partial charge in [-0.25, -0.2) is 0 Å². The minimum Gasteiger partial charge on any atom is -0.372 e. The zero-order valence-corrected chi connectivity index (χ0v) is 17.7. The molecule has 0 bridgehead atoms. The van der Waals surface area contributed by atoms with Gasteiger partial charge < -0.3 is 9.84 Å². The molecule has 1 atom stereocenters. The van der Waals surface area contributed by atoms with Gasteiger partial charge >= 0.3 is 6.18 Å². The van der Waals surface area contributed by atoms with E-state index in [1.807, 2.05) is 4.90 Å². The number of hydrogen-bond acceptors (Lipinski definition) is 5. The Morgan fingerprint density at radius 1 is 1.23 bits per heavy atom. The molecule has 1 aromatic heterocycles. The van der Waals surface area contributed by atoms with Crippen LogP contribution in [0.4, 0.5) is 13.2 Å². The second-order valence-electron chi connectivity index (χ2n) is 8.41. The van der Waals surface area contributed by atoms with E-state index in [1.165, 1.54) is 6.07 Å². The third-order valence-electron chi connectivity index (χ3n) is 6.41. The molecule has 31 heavy (non-hydrogen) atoms. The van der Waals surface area contributed by atoms with E-state index < -0.39 is 18.0 Å². The zero-order chi connectivity index (χ0) is 22.0. The molecule has 2 N–H and O–H groups in total. The minimum atomic E-state index is -4.35. The largest absolute Gasteiger partial charge is 0.416 e. The molecule has 9 heteroatoms. The number of alkyl halides is 3. The van der Waals surface area contributed by atoms with E-state index in [9.17, 15) is 18.3 Å². The summed E-state index contributed by atoms with van der Waals surface area (Å²) in [5.41, 5.74) is 2.47. The van der Waals surface area contributed by atoms with Crippen molar-refractivity contribution < 1.29 is 23.0 Å². The highest BCUT2D eigenvalue weighted by Gasteiger charge is 2.37. The maximum Gasteiger partial charge on any atom is 0.416 e. The number of benzene rings is 1. The lowest BCUT2D eigenvalue weighted by molar-refractivity contribution is -0.138. The quantitative estimate of drug-likeness (QED) is 0.746. The van der Waals surface area contributed by atoms with Crippen LogP contribution in [0.5, 0.6) is 0 Å². The SMILES string of the molecule is COCN1CCCc2[nH]nc(C(O)N3CCC(c4ccccc4C(F)(F)F)CC3)c2C1. The van der Waals surface area contributed by atoms with Crippen LogP contribution >= 0.6 is 0 Å². The van der Waals surface area contributed by atoms with Crippen molar-refractivity contribution in [1.82, 2.24) is 20.0 Å². The topological polar surface area (TPSA) is 64.6 Å². The first-order chi connectivity index (χ1) is 14.9. The van der Waals surface area contributed by atoms with Crippen molar-refractivity contribution in [2.75, 3.05) is 33.5 Å². The lowest BCUT2D eigenvalue weighted by Gasteiger charge is -2.35. The number of H-pyrrole nitrogens is 1. The van der Waals surface area contributed by atoms with Crippen LogP contribution in [0.3, 0.4) is 0 Å². The smallest absolute Gasteiger partial charge is 0.372 e. The van der Waals surface area contributed by atoms with Crippen LogP contribution in [0.15, 0.2) is 24.3 Å². The molecule has 1 saturated heterocycles. The molecule has 1 aromatic carbocycles. The summed E-state index contributed by atoms with van der Waals surface area (Å²) in [6.07, 6.45) is -2.25. The number of aliphatic hydroxyl groups is 1. The van der Waals surface area contributed by atoms with Crippen molar-refractivity contribution >= 4 is 0 Å². The normalized spacial score (nSPS) is 20.4. The maximum atomic E-state index is 13.4. The van der Waals surface area contributed by atoms with Crippen LogP contribution in [0.25, 0.3) is 0 Å². The first-order valence-electron chi connectivity index (χ1n) is 10.7.